The number of methoxy groups -OCH3 is 1. The summed E-state index contributed by atoms with van der Waals surface area (Å²) < 4.78 is 6.77. The Morgan fingerprint density at radius 2 is 1.76 bits per heavy atom. The van der Waals surface area contributed by atoms with Gasteiger partial charge in [0.2, 0.25) is 5.82 Å². The van der Waals surface area contributed by atoms with Crippen LogP contribution in [0, 0.1) is 0 Å². The van der Waals surface area contributed by atoms with Crippen LogP contribution in [0.15, 0.2) is 78.9 Å². The molecular weight excluding hydrogens is 388 g/mol. The molecule has 0 unspecified atom stereocenters. The maximum absolute atomic E-state index is 12.8. The molecule has 0 aliphatic rings. The average molecular weight is 405 g/mol. The lowest BCUT2D eigenvalue weighted by atomic mass is 10.2. The second kappa shape index (κ2) is 8.16. The van der Waals surface area contributed by atoms with Crippen LogP contribution in [0.3, 0.4) is 0 Å². The molecule has 3 aromatic carbocycles. The number of rotatable bonds is 5. The molecule has 0 bridgehead atoms. The lowest BCUT2D eigenvalue weighted by Gasteiger charge is -2.07. The highest BCUT2D eigenvalue weighted by Gasteiger charge is 2.20. The zero-order valence-corrected chi connectivity index (χ0v) is 16.3. The number of hydrogen-bond acceptors (Lipinski definition) is 4. The van der Waals surface area contributed by atoms with E-state index in [4.69, 9.17) is 16.3 Å². The standard InChI is InChI=1S/C22H17ClN4O2/c1-29-17-11-7-10-16(14-17)24-22(28)20-25-21(15-8-3-2-4-9-15)27(26-20)19-13-6-5-12-18(19)23/h2-14H,1H3,(H,24,28). The topological polar surface area (TPSA) is 69.0 Å². The van der Waals surface area contributed by atoms with Crippen molar-refractivity contribution in [1.82, 2.24) is 14.8 Å². The van der Waals surface area contributed by atoms with E-state index in [0.717, 1.165) is 5.56 Å². The summed E-state index contributed by atoms with van der Waals surface area (Å²) in [5.41, 5.74) is 2.05. The number of para-hydroxylation sites is 1. The van der Waals surface area contributed by atoms with Crippen molar-refractivity contribution in [2.24, 2.45) is 0 Å². The molecule has 1 aromatic heterocycles. The minimum absolute atomic E-state index is 0.0339. The number of carbonyl (C=O) groups is 1. The second-order valence-electron chi connectivity index (χ2n) is 6.17. The fourth-order valence-electron chi connectivity index (χ4n) is 2.86. The van der Waals surface area contributed by atoms with Gasteiger partial charge in [-0.15, -0.1) is 5.10 Å². The van der Waals surface area contributed by atoms with Gasteiger partial charge in [-0.3, -0.25) is 4.79 Å². The molecule has 144 valence electrons. The van der Waals surface area contributed by atoms with Crippen LogP contribution in [0.2, 0.25) is 5.02 Å². The molecule has 1 amide bonds. The Balaban J connectivity index is 1.75. The number of amides is 1. The van der Waals surface area contributed by atoms with E-state index in [0.29, 0.717) is 28.0 Å². The summed E-state index contributed by atoms with van der Waals surface area (Å²) >= 11 is 6.37. The smallest absolute Gasteiger partial charge is 0.295 e. The number of halogens is 1. The molecule has 0 radical (unpaired) electrons. The Hall–Kier alpha value is -3.64. The number of hydrogen-bond donors (Lipinski definition) is 1. The summed E-state index contributed by atoms with van der Waals surface area (Å²) in [6.07, 6.45) is 0. The van der Waals surface area contributed by atoms with E-state index >= 15 is 0 Å². The van der Waals surface area contributed by atoms with E-state index < -0.39 is 5.91 Å². The molecule has 0 aliphatic heterocycles. The Morgan fingerprint density at radius 1 is 1.00 bits per heavy atom. The van der Waals surface area contributed by atoms with Crippen LogP contribution in [-0.2, 0) is 0 Å². The fraction of sp³-hybridized carbons (Fsp3) is 0.0455. The maximum Gasteiger partial charge on any atom is 0.295 e. The van der Waals surface area contributed by atoms with E-state index in [1.165, 1.54) is 0 Å². The summed E-state index contributed by atoms with van der Waals surface area (Å²) in [5.74, 6) is 0.768. The molecule has 0 spiro atoms. The summed E-state index contributed by atoms with van der Waals surface area (Å²) in [5, 5.41) is 7.74. The molecular formula is C22H17ClN4O2. The largest absolute Gasteiger partial charge is 0.497 e. The first-order valence-corrected chi connectivity index (χ1v) is 9.26. The van der Waals surface area contributed by atoms with Gasteiger partial charge in [0.15, 0.2) is 5.82 Å². The number of nitrogens with zero attached hydrogens (tertiary/aromatic N) is 3. The van der Waals surface area contributed by atoms with Crippen molar-refractivity contribution in [3.05, 3.63) is 89.7 Å². The number of benzene rings is 3. The van der Waals surface area contributed by atoms with Gasteiger partial charge >= 0.3 is 0 Å². The van der Waals surface area contributed by atoms with Crippen molar-refractivity contribution in [3.63, 3.8) is 0 Å². The van der Waals surface area contributed by atoms with Crippen molar-refractivity contribution in [1.29, 1.82) is 0 Å². The van der Waals surface area contributed by atoms with Crippen LogP contribution in [0.1, 0.15) is 10.6 Å². The van der Waals surface area contributed by atoms with Gasteiger partial charge in [-0.2, -0.15) is 0 Å². The first-order chi connectivity index (χ1) is 14.2. The van der Waals surface area contributed by atoms with Gasteiger partial charge in [-0.1, -0.05) is 60.1 Å². The van der Waals surface area contributed by atoms with E-state index in [9.17, 15) is 4.79 Å². The van der Waals surface area contributed by atoms with Gasteiger partial charge in [0, 0.05) is 17.3 Å². The first kappa shape index (κ1) is 18.7. The van der Waals surface area contributed by atoms with Crippen LogP contribution in [0.4, 0.5) is 5.69 Å². The molecule has 0 atom stereocenters. The zero-order valence-electron chi connectivity index (χ0n) is 15.5. The Labute approximate surface area is 172 Å². The number of nitrogens with one attached hydrogen (secondary N) is 1. The van der Waals surface area contributed by atoms with Crippen LogP contribution in [0.5, 0.6) is 5.75 Å². The van der Waals surface area contributed by atoms with E-state index in [2.05, 4.69) is 15.4 Å². The third kappa shape index (κ3) is 3.97. The molecule has 6 nitrogen and oxygen atoms in total. The Bertz CT molecular complexity index is 1160. The monoisotopic (exact) mass is 404 g/mol. The van der Waals surface area contributed by atoms with Gasteiger partial charge < -0.3 is 10.1 Å². The van der Waals surface area contributed by atoms with E-state index in [1.54, 1.807) is 42.1 Å². The molecule has 29 heavy (non-hydrogen) atoms. The number of aromatic nitrogens is 3. The predicted octanol–water partition coefficient (Wildman–Crippen LogP) is 4.85. The molecule has 1 heterocycles. The molecule has 0 fully saturated rings. The lowest BCUT2D eigenvalue weighted by Crippen LogP contribution is -2.14. The average Bonchev–Trinajstić information content (AvgIpc) is 3.20. The molecule has 1 N–H and O–H groups in total. The molecule has 4 aromatic rings. The minimum Gasteiger partial charge on any atom is -0.497 e. The minimum atomic E-state index is -0.429. The molecule has 0 aliphatic carbocycles. The third-order valence-electron chi connectivity index (χ3n) is 4.25. The predicted molar refractivity (Wildman–Crippen MR) is 113 cm³/mol. The summed E-state index contributed by atoms with van der Waals surface area (Å²) in [4.78, 5) is 17.3. The highest BCUT2D eigenvalue weighted by molar-refractivity contribution is 6.32. The first-order valence-electron chi connectivity index (χ1n) is 8.88. The van der Waals surface area contributed by atoms with Crippen LogP contribution < -0.4 is 10.1 Å². The van der Waals surface area contributed by atoms with Crippen LogP contribution in [-0.4, -0.2) is 27.8 Å². The van der Waals surface area contributed by atoms with Crippen molar-refractivity contribution in [2.45, 2.75) is 0 Å². The normalized spacial score (nSPS) is 10.6. The van der Waals surface area contributed by atoms with Crippen LogP contribution in [0.25, 0.3) is 17.1 Å². The number of carbonyl (C=O) groups excluding carboxylic acids is 1. The highest BCUT2D eigenvalue weighted by atomic mass is 35.5. The SMILES string of the molecule is COc1cccc(NC(=O)c2nc(-c3ccccc3)n(-c3ccccc3Cl)n2)c1. The Kier molecular flexibility index (Phi) is 5.27. The molecule has 0 saturated heterocycles. The lowest BCUT2D eigenvalue weighted by molar-refractivity contribution is 0.101. The van der Waals surface area contributed by atoms with E-state index in [1.807, 2.05) is 48.5 Å². The second-order valence-corrected chi connectivity index (χ2v) is 6.58. The third-order valence-corrected chi connectivity index (χ3v) is 4.57. The number of anilines is 1. The highest BCUT2D eigenvalue weighted by Crippen LogP contribution is 2.26. The van der Waals surface area contributed by atoms with Gasteiger partial charge in [0.05, 0.1) is 17.8 Å². The van der Waals surface area contributed by atoms with Gasteiger partial charge in [-0.05, 0) is 24.3 Å². The summed E-state index contributed by atoms with van der Waals surface area (Å²) in [6.45, 7) is 0. The maximum atomic E-state index is 12.8. The van der Waals surface area contributed by atoms with Gasteiger partial charge in [0.25, 0.3) is 5.91 Å². The summed E-state index contributed by atoms with van der Waals surface area (Å²) in [7, 11) is 1.57. The van der Waals surface area contributed by atoms with Crippen molar-refractivity contribution >= 4 is 23.2 Å². The molecule has 0 saturated carbocycles. The summed E-state index contributed by atoms with van der Waals surface area (Å²) in [6, 6.07) is 23.9. The zero-order chi connectivity index (χ0) is 20.2. The number of ether oxygens (including phenoxy) is 1. The fourth-order valence-corrected chi connectivity index (χ4v) is 3.08. The van der Waals surface area contributed by atoms with Crippen LogP contribution >= 0.6 is 11.6 Å². The van der Waals surface area contributed by atoms with Gasteiger partial charge in [-0.25, -0.2) is 9.67 Å². The molecule has 4 rings (SSSR count). The van der Waals surface area contributed by atoms with Crippen molar-refractivity contribution < 1.29 is 9.53 Å². The Morgan fingerprint density at radius 3 is 2.52 bits per heavy atom. The molecule has 7 heteroatoms. The quantitative estimate of drug-likeness (QED) is 0.516. The van der Waals surface area contributed by atoms with Crippen molar-refractivity contribution in [3.8, 4) is 22.8 Å². The van der Waals surface area contributed by atoms with Gasteiger partial charge in [0.1, 0.15) is 5.75 Å². The van der Waals surface area contributed by atoms with Crippen molar-refractivity contribution in [2.75, 3.05) is 12.4 Å². The van der Waals surface area contributed by atoms with E-state index in [-0.39, 0.29) is 5.82 Å².